The fraction of sp³-hybridized carbons (Fsp3) is 0.467. The molecular weight excluding hydrogens is 324 g/mol. The molecule has 0 unspecified atom stereocenters. The first kappa shape index (κ1) is 18.9. The van der Waals surface area contributed by atoms with Crippen LogP contribution < -0.4 is 5.32 Å². The molecule has 0 saturated heterocycles. The van der Waals surface area contributed by atoms with Crippen molar-refractivity contribution in [1.82, 2.24) is 10.3 Å². The van der Waals surface area contributed by atoms with E-state index < -0.39 is 30.5 Å². The molecule has 126 valence electrons. The van der Waals surface area contributed by atoms with Crippen molar-refractivity contribution in [3.05, 3.63) is 29.0 Å². The topological polar surface area (TPSA) is 94.6 Å². The predicted octanol–water partition coefficient (Wildman–Crippen LogP) is 1.60. The summed E-state index contributed by atoms with van der Waals surface area (Å²) in [6.07, 6.45) is 2.10. The Morgan fingerprint density at radius 2 is 2.09 bits per heavy atom. The van der Waals surface area contributed by atoms with Crippen LogP contribution in [-0.4, -0.2) is 42.6 Å². The van der Waals surface area contributed by atoms with Crippen LogP contribution in [0.4, 0.5) is 0 Å². The molecule has 2 atom stereocenters. The highest BCUT2D eigenvalue weighted by Crippen LogP contribution is 2.13. The average molecular weight is 343 g/mol. The number of carbonyl (C=O) groups excluding carboxylic acids is 3. The van der Waals surface area contributed by atoms with Crippen molar-refractivity contribution < 1.29 is 23.9 Å². The van der Waals surface area contributed by atoms with E-state index in [-0.39, 0.29) is 16.6 Å². The third-order valence-corrected chi connectivity index (χ3v) is 3.60. The van der Waals surface area contributed by atoms with Gasteiger partial charge in [-0.25, -0.2) is 14.6 Å². The largest absolute Gasteiger partial charge is 0.467 e. The van der Waals surface area contributed by atoms with Crippen LogP contribution in [0.2, 0.25) is 5.15 Å². The molecule has 1 heterocycles. The summed E-state index contributed by atoms with van der Waals surface area (Å²) < 4.78 is 9.53. The molecule has 1 aromatic rings. The van der Waals surface area contributed by atoms with E-state index >= 15 is 0 Å². The van der Waals surface area contributed by atoms with Crippen molar-refractivity contribution in [3.8, 4) is 0 Å². The Morgan fingerprint density at radius 3 is 2.65 bits per heavy atom. The number of hydrogen-bond acceptors (Lipinski definition) is 6. The number of esters is 2. The number of aromatic nitrogens is 1. The number of hydrogen-bond donors (Lipinski definition) is 1. The van der Waals surface area contributed by atoms with Gasteiger partial charge in [0, 0.05) is 6.20 Å². The molecule has 0 aromatic carbocycles. The smallest absolute Gasteiger partial charge is 0.341 e. The second kappa shape index (κ2) is 9.09. The zero-order chi connectivity index (χ0) is 17.4. The van der Waals surface area contributed by atoms with Gasteiger partial charge in [0.25, 0.3) is 5.91 Å². The molecule has 0 aliphatic carbocycles. The molecule has 0 fully saturated rings. The minimum absolute atomic E-state index is 0.00930. The SMILES string of the molecule is CC[C@@H](C)[C@@H](NC(=O)COC(=O)c1cccnc1Cl)C(=O)OC. The van der Waals surface area contributed by atoms with Gasteiger partial charge in [0.15, 0.2) is 6.61 Å². The number of ether oxygens (including phenoxy) is 2. The quantitative estimate of drug-likeness (QED) is 0.597. The molecule has 1 aromatic heterocycles. The van der Waals surface area contributed by atoms with Gasteiger partial charge in [0.1, 0.15) is 11.2 Å². The van der Waals surface area contributed by atoms with Crippen LogP contribution in [0, 0.1) is 5.92 Å². The van der Waals surface area contributed by atoms with Gasteiger partial charge in [0.2, 0.25) is 0 Å². The lowest BCUT2D eigenvalue weighted by Crippen LogP contribution is -2.47. The second-order valence-electron chi connectivity index (χ2n) is 4.87. The highest BCUT2D eigenvalue weighted by atomic mass is 35.5. The van der Waals surface area contributed by atoms with Gasteiger partial charge < -0.3 is 14.8 Å². The second-order valence-corrected chi connectivity index (χ2v) is 5.23. The Morgan fingerprint density at radius 1 is 1.39 bits per heavy atom. The Labute approximate surface area is 139 Å². The third kappa shape index (κ3) is 5.52. The van der Waals surface area contributed by atoms with Crippen LogP contribution in [0.1, 0.15) is 30.6 Å². The monoisotopic (exact) mass is 342 g/mol. The van der Waals surface area contributed by atoms with E-state index in [1.54, 1.807) is 0 Å². The number of pyridine rings is 1. The highest BCUT2D eigenvalue weighted by Gasteiger charge is 2.27. The van der Waals surface area contributed by atoms with Crippen LogP contribution in [0.3, 0.4) is 0 Å². The van der Waals surface area contributed by atoms with Gasteiger partial charge in [-0.3, -0.25) is 4.79 Å². The lowest BCUT2D eigenvalue weighted by molar-refractivity contribution is -0.147. The molecule has 0 aliphatic rings. The number of amides is 1. The maximum atomic E-state index is 11.9. The van der Waals surface area contributed by atoms with Crippen molar-refractivity contribution in [2.75, 3.05) is 13.7 Å². The summed E-state index contributed by atoms with van der Waals surface area (Å²) >= 11 is 5.77. The minimum Gasteiger partial charge on any atom is -0.467 e. The Bertz CT molecular complexity index is 579. The van der Waals surface area contributed by atoms with Gasteiger partial charge in [-0.05, 0) is 18.1 Å². The molecule has 8 heteroatoms. The summed E-state index contributed by atoms with van der Waals surface area (Å²) in [6.45, 7) is 3.16. The number of methoxy groups -OCH3 is 1. The van der Waals surface area contributed by atoms with Crippen LogP contribution >= 0.6 is 11.6 Å². The van der Waals surface area contributed by atoms with E-state index in [0.29, 0.717) is 6.42 Å². The van der Waals surface area contributed by atoms with Crippen LogP contribution in [0.15, 0.2) is 18.3 Å². The first-order valence-electron chi connectivity index (χ1n) is 7.05. The fourth-order valence-electron chi connectivity index (χ4n) is 1.76. The van der Waals surface area contributed by atoms with E-state index in [4.69, 9.17) is 16.3 Å². The summed E-state index contributed by atoms with van der Waals surface area (Å²) in [6, 6.07) is 2.17. The van der Waals surface area contributed by atoms with E-state index in [0.717, 1.165) is 0 Å². The van der Waals surface area contributed by atoms with Gasteiger partial charge in [-0.2, -0.15) is 0 Å². The molecule has 23 heavy (non-hydrogen) atoms. The van der Waals surface area contributed by atoms with Crippen molar-refractivity contribution in [1.29, 1.82) is 0 Å². The summed E-state index contributed by atoms with van der Waals surface area (Å²) in [7, 11) is 1.24. The van der Waals surface area contributed by atoms with E-state index in [1.807, 2.05) is 13.8 Å². The number of halogens is 1. The fourth-order valence-corrected chi connectivity index (χ4v) is 1.95. The summed E-state index contributed by atoms with van der Waals surface area (Å²) in [4.78, 5) is 39.1. The summed E-state index contributed by atoms with van der Waals surface area (Å²) in [5.41, 5.74) is 0.0633. The zero-order valence-electron chi connectivity index (χ0n) is 13.2. The van der Waals surface area contributed by atoms with Crippen molar-refractivity contribution in [3.63, 3.8) is 0 Å². The lowest BCUT2D eigenvalue weighted by Gasteiger charge is -2.21. The van der Waals surface area contributed by atoms with E-state index in [9.17, 15) is 14.4 Å². The molecule has 0 radical (unpaired) electrons. The molecule has 0 aliphatic heterocycles. The lowest BCUT2D eigenvalue weighted by atomic mass is 9.99. The molecule has 0 bridgehead atoms. The average Bonchev–Trinajstić information content (AvgIpc) is 2.56. The molecule has 7 nitrogen and oxygen atoms in total. The van der Waals surface area contributed by atoms with Crippen LogP contribution in [0.25, 0.3) is 0 Å². The van der Waals surface area contributed by atoms with Gasteiger partial charge in [-0.1, -0.05) is 31.9 Å². The first-order valence-corrected chi connectivity index (χ1v) is 7.43. The molecule has 1 amide bonds. The summed E-state index contributed by atoms with van der Waals surface area (Å²) in [5.74, 6) is -2.03. The minimum atomic E-state index is -0.793. The van der Waals surface area contributed by atoms with E-state index in [2.05, 4.69) is 15.0 Å². The van der Waals surface area contributed by atoms with Crippen LogP contribution in [0.5, 0.6) is 0 Å². The Balaban J connectivity index is 2.60. The van der Waals surface area contributed by atoms with Gasteiger partial charge in [0.05, 0.1) is 12.7 Å². The number of rotatable bonds is 7. The third-order valence-electron chi connectivity index (χ3n) is 3.30. The Hall–Kier alpha value is -2.15. The van der Waals surface area contributed by atoms with Crippen LogP contribution in [-0.2, 0) is 19.1 Å². The van der Waals surface area contributed by atoms with E-state index in [1.165, 1.54) is 25.4 Å². The number of carbonyl (C=O) groups is 3. The number of nitrogens with one attached hydrogen (secondary N) is 1. The standard InChI is InChI=1S/C15H19ClN2O5/c1-4-9(2)12(15(21)22-3)18-11(19)8-23-14(20)10-6-5-7-17-13(10)16/h5-7,9,12H,4,8H2,1-3H3,(H,18,19)/t9-,12-/m1/s1. The molecule has 1 rings (SSSR count). The van der Waals surface area contributed by atoms with Crippen molar-refractivity contribution in [2.24, 2.45) is 5.92 Å². The maximum Gasteiger partial charge on any atom is 0.341 e. The summed E-state index contributed by atoms with van der Waals surface area (Å²) in [5, 5.41) is 2.49. The molecular formula is C15H19ClN2O5. The van der Waals surface area contributed by atoms with Gasteiger partial charge in [-0.15, -0.1) is 0 Å². The normalized spacial score (nSPS) is 12.9. The zero-order valence-corrected chi connectivity index (χ0v) is 13.9. The Kier molecular flexibility index (Phi) is 7.47. The van der Waals surface area contributed by atoms with Gasteiger partial charge >= 0.3 is 11.9 Å². The maximum absolute atomic E-state index is 11.9. The molecule has 0 saturated carbocycles. The molecule has 1 N–H and O–H groups in total. The first-order chi connectivity index (χ1) is 10.9. The number of nitrogens with zero attached hydrogens (tertiary/aromatic N) is 1. The molecule has 0 spiro atoms. The highest BCUT2D eigenvalue weighted by molar-refractivity contribution is 6.32. The van der Waals surface area contributed by atoms with Crippen molar-refractivity contribution in [2.45, 2.75) is 26.3 Å². The van der Waals surface area contributed by atoms with Crippen molar-refractivity contribution >= 4 is 29.4 Å². The predicted molar refractivity (Wildman–Crippen MR) is 82.9 cm³/mol.